The summed E-state index contributed by atoms with van der Waals surface area (Å²) in [5, 5.41) is 5.38. The number of thioether (sulfide) groups is 1. The van der Waals surface area contributed by atoms with Gasteiger partial charge >= 0.3 is 0 Å². The Labute approximate surface area is 223 Å². The van der Waals surface area contributed by atoms with Crippen molar-refractivity contribution < 1.29 is 4.42 Å². The van der Waals surface area contributed by atoms with Gasteiger partial charge in [0.15, 0.2) is 7.26 Å². The largest absolute Gasteiger partial charge is 0.425 e. The predicted octanol–water partition coefficient (Wildman–Crippen LogP) is 7.51. The molecular formula is C31H28ClNOPS+. The van der Waals surface area contributed by atoms with Crippen LogP contribution in [0.5, 0.6) is 0 Å². The molecule has 1 aromatic heterocycles. The third-order valence-corrected chi connectivity index (χ3v) is 11.7. The Balaban J connectivity index is 1.83. The molecule has 0 saturated carbocycles. The van der Waals surface area contributed by atoms with Crippen LogP contribution in [-0.2, 0) is 0 Å². The van der Waals surface area contributed by atoms with Crippen molar-refractivity contribution in [2.24, 2.45) is 0 Å². The van der Waals surface area contributed by atoms with E-state index >= 15 is 0 Å². The van der Waals surface area contributed by atoms with Crippen molar-refractivity contribution in [1.82, 2.24) is 4.98 Å². The molecule has 0 unspecified atom stereocenters. The van der Waals surface area contributed by atoms with Crippen molar-refractivity contribution in [2.75, 3.05) is 5.75 Å². The van der Waals surface area contributed by atoms with Crippen LogP contribution in [-0.4, -0.2) is 10.7 Å². The molecule has 0 spiro atoms. The molecule has 4 aromatic carbocycles. The Morgan fingerprint density at radius 1 is 0.722 bits per heavy atom. The number of rotatable bonds is 9. The highest BCUT2D eigenvalue weighted by molar-refractivity contribution is 8.04. The zero-order valence-electron chi connectivity index (χ0n) is 20.2. The minimum Gasteiger partial charge on any atom is -0.425 e. The highest BCUT2D eigenvalue weighted by Crippen LogP contribution is 2.56. The molecule has 0 radical (unpaired) electrons. The standard InChI is InChI=1S/C31H28ClNOPS/c1-2-3-23-36-31-30(33-29(34-31)24-19-21-25(32)22-20-24)35(26-13-7-4-8-14-26,27-15-9-5-10-16-27)28-17-11-6-12-18-28/h4-22H,2-3,23H2,1H3/q+1. The lowest BCUT2D eigenvalue weighted by atomic mass is 10.2. The topological polar surface area (TPSA) is 26.0 Å². The van der Waals surface area contributed by atoms with E-state index < -0.39 is 7.26 Å². The SMILES string of the molecule is CCCCSc1oc(-c2ccc(Cl)cc2)nc1[P+](c1ccccc1)(c1ccccc1)c1ccccc1. The molecule has 0 aliphatic carbocycles. The first-order chi connectivity index (χ1) is 17.7. The van der Waals surface area contributed by atoms with Gasteiger partial charge in [-0.25, -0.2) is 0 Å². The summed E-state index contributed by atoms with van der Waals surface area (Å²) in [6.45, 7) is 2.22. The number of benzene rings is 4. The molecule has 180 valence electrons. The highest BCUT2D eigenvalue weighted by atomic mass is 35.5. The maximum absolute atomic E-state index is 6.59. The smallest absolute Gasteiger partial charge is 0.251 e. The van der Waals surface area contributed by atoms with E-state index in [1.807, 2.05) is 24.3 Å². The molecule has 5 aromatic rings. The van der Waals surface area contributed by atoms with Gasteiger partial charge in [-0.05, 0) is 67.1 Å². The van der Waals surface area contributed by atoms with Gasteiger partial charge in [0.05, 0.1) is 0 Å². The van der Waals surface area contributed by atoms with Crippen LogP contribution < -0.4 is 21.3 Å². The summed E-state index contributed by atoms with van der Waals surface area (Å²) in [5.74, 6) is 1.62. The van der Waals surface area contributed by atoms with Gasteiger partial charge < -0.3 is 4.42 Å². The fourth-order valence-corrected chi connectivity index (χ4v) is 10.1. The molecule has 0 fully saturated rings. The summed E-state index contributed by atoms with van der Waals surface area (Å²) < 4.78 is 6.59. The third kappa shape index (κ3) is 4.89. The number of nitrogens with zero attached hydrogens (tertiary/aromatic N) is 1. The van der Waals surface area contributed by atoms with Crippen molar-refractivity contribution in [2.45, 2.75) is 24.9 Å². The maximum Gasteiger partial charge on any atom is 0.251 e. The zero-order valence-corrected chi connectivity index (χ0v) is 22.6. The fraction of sp³-hybridized carbons (Fsp3) is 0.129. The number of unbranched alkanes of at least 4 members (excludes halogenated alkanes) is 1. The number of halogens is 1. The van der Waals surface area contributed by atoms with E-state index in [2.05, 4.69) is 97.9 Å². The predicted molar refractivity (Wildman–Crippen MR) is 157 cm³/mol. The average Bonchev–Trinajstić information content (AvgIpc) is 3.36. The molecule has 5 heteroatoms. The molecule has 0 aliphatic heterocycles. The summed E-state index contributed by atoms with van der Waals surface area (Å²) in [4.78, 5) is 5.31. The van der Waals surface area contributed by atoms with Crippen molar-refractivity contribution in [1.29, 1.82) is 0 Å². The van der Waals surface area contributed by atoms with Crippen LogP contribution in [0.1, 0.15) is 19.8 Å². The molecule has 36 heavy (non-hydrogen) atoms. The van der Waals surface area contributed by atoms with Gasteiger partial charge in [-0.15, -0.1) is 0 Å². The van der Waals surface area contributed by atoms with Gasteiger partial charge in [-0.3, -0.25) is 0 Å². The van der Waals surface area contributed by atoms with Crippen LogP contribution in [0.3, 0.4) is 0 Å². The van der Waals surface area contributed by atoms with E-state index in [-0.39, 0.29) is 0 Å². The number of aromatic nitrogens is 1. The first-order valence-electron chi connectivity index (χ1n) is 12.2. The van der Waals surface area contributed by atoms with Gasteiger partial charge in [-0.1, -0.05) is 91.3 Å². The van der Waals surface area contributed by atoms with Gasteiger partial charge in [0.1, 0.15) is 15.9 Å². The number of hydrogen-bond acceptors (Lipinski definition) is 3. The Kier molecular flexibility index (Phi) is 7.92. The Hall–Kier alpha value is -2.84. The van der Waals surface area contributed by atoms with Crippen molar-refractivity contribution >= 4 is 52.0 Å². The van der Waals surface area contributed by atoms with Crippen molar-refractivity contribution in [3.63, 3.8) is 0 Å². The maximum atomic E-state index is 6.59. The first kappa shape index (κ1) is 24.8. The lowest BCUT2D eigenvalue weighted by molar-refractivity contribution is 0.487. The summed E-state index contributed by atoms with van der Waals surface area (Å²) in [6, 6.07) is 40.2. The third-order valence-electron chi connectivity index (χ3n) is 6.15. The summed E-state index contributed by atoms with van der Waals surface area (Å²) in [7, 11) is -2.35. The quantitative estimate of drug-likeness (QED) is 0.112. The summed E-state index contributed by atoms with van der Waals surface area (Å²) >= 11 is 7.96. The molecule has 1 heterocycles. The van der Waals surface area contributed by atoms with Crippen LogP contribution in [0.25, 0.3) is 11.5 Å². The van der Waals surface area contributed by atoms with Crippen LogP contribution in [0.4, 0.5) is 0 Å². The van der Waals surface area contributed by atoms with Crippen LogP contribution in [0, 0.1) is 0 Å². The second-order valence-corrected chi connectivity index (χ2v) is 13.3. The molecule has 0 aliphatic rings. The summed E-state index contributed by atoms with van der Waals surface area (Å²) in [5.41, 5.74) is 1.95. The van der Waals surface area contributed by atoms with E-state index in [0.717, 1.165) is 34.7 Å². The van der Waals surface area contributed by atoms with E-state index in [1.165, 1.54) is 15.9 Å². The van der Waals surface area contributed by atoms with E-state index in [4.69, 9.17) is 21.0 Å². The summed E-state index contributed by atoms with van der Waals surface area (Å²) in [6.07, 6.45) is 2.26. The molecular weight excluding hydrogens is 501 g/mol. The molecule has 2 nitrogen and oxygen atoms in total. The zero-order chi connectivity index (χ0) is 24.8. The highest BCUT2D eigenvalue weighted by Gasteiger charge is 2.52. The molecule has 5 rings (SSSR count). The molecule has 0 bridgehead atoms. The Morgan fingerprint density at radius 3 is 1.69 bits per heavy atom. The number of hydrogen-bond donors (Lipinski definition) is 0. The van der Waals surface area contributed by atoms with Gasteiger partial charge in [-0.2, -0.15) is 4.98 Å². The molecule has 0 N–H and O–H groups in total. The molecule has 0 saturated heterocycles. The Bertz CT molecular complexity index is 1290. The minimum atomic E-state index is -2.35. The lowest BCUT2D eigenvalue weighted by Crippen LogP contribution is -2.40. The van der Waals surface area contributed by atoms with Crippen LogP contribution in [0.2, 0.25) is 5.02 Å². The van der Waals surface area contributed by atoms with Gasteiger partial charge in [0.2, 0.25) is 11.0 Å². The van der Waals surface area contributed by atoms with Crippen LogP contribution >= 0.6 is 30.6 Å². The van der Waals surface area contributed by atoms with E-state index in [0.29, 0.717) is 10.9 Å². The normalized spacial score (nSPS) is 11.5. The number of oxazole rings is 1. The van der Waals surface area contributed by atoms with Gasteiger partial charge in [0, 0.05) is 16.3 Å². The lowest BCUT2D eigenvalue weighted by Gasteiger charge is -2.25. The molecule has 0 amide bonds. The second kappa shape index (κ2) is 11.5. The van der Waals surface area contributed by atoms with Crippen LogP contribution in [0.15, 0.2) is 125 Å². The monoisotopic (exact) mass is 528 g/mol. The first-order valence-corrected chi connectivity index (χ1v) is 15.3. The van der Waals surface area contributed by atoms with E-state index in [1.54, 1.807) is 11.8 Å². The van der Waals surface area contributed by atoms with Crippen molar-refractivity contribution in [3.8, 4) is 11.5 Å². The average molecular weight is 529 g/mol. The van der Waals surface area contributed by atoms with E-state index in [9.17, 15) is 0 Å². The fourth-order valence-electron chi connectivity index (χ4n) is 4.40. The second-order valence-electron chi connectivity index (χ2n) is 8.52. The minimum absolute atomic E-state index is 0.632. The Morgan fingerprint density at radius 2 is 1.22 bits per heavy atom. The van der Waals surface area contributed by atoms with Crippen molar-refractivity contribution in [3.05, 3.63) is 120 Å². The molecule has 0 atom stereocenters. The van der Waals surface area contributed by atoms with Gasteiger partial charge in [0.25, 0.3) is 5.44 Å².